The summed E-state index contributed by atoms with van der Waals surface area (Å²) in [6.07, 6.45) is 8.72. The molecule has 0 bridgehead atoms. The zero-order chi connectivity index (χ0) is 14.2. The fraction of sp³-hybridized carbons (Fsp3) is 1.00. The summed E-state index contributed by atoms with van der Waals surface area (Å²) in [6, 6.07) is 0.763. The van der Waals surface area contributed by atoms with Crippen molar-refractivity contribution in [1.29, 1.82) is 0 Å². The molecule has 3 rings (SSSR count). The molecule has 1 N–H and O–H groups in total. The fourth-order valence-corrected chi connectivity index (χ4v) is 5.18. The van der Waals surface area contributed by atoms with Crippen LogP contribution in [-0.2, 0) is 4.74 Å². The second kappa shape index (κ2) is 5.58. The van der Waals surface area contributed by atoms with Crippen LogP contribution >= 0.6 is 0 Å². The minimum Gasteiger partial charge on any atom is -0.378 e. The Balaban J connectivity index is 1.64. The Bertz CT molecular complexity index is 332. The fourth-order valence-electron chi connectivity index (χ4n) is 5.18. The van der Waals surface area contributed by atoms with E-state index < -0.39 is 0 Å². The first-order valence-corrected chi connectivity index (χ1v) is 8.62. The molecule has 3 atom stereocenters. The van der Waals surface area contributed by atoms with Gasteiger partial charge >= 0.3 is 0 Å². The van der Waals surface area contributed by atoms with Crippen molar-refractivity contribution in [1.82, 2.24) is 10.2 Å². The highest BCUT2D eigenvalue weighted by Gasteiger charge is 2.58. The number of hydrogen-bond donors (Lipinski definition) is 1. The van der Waals surface area contributed by atoms with E-state index in [1.165, 1.54) is 58.2 Å². The number of ether oxygens (including phenoxy) is 1. The van der Waals surface area contributed by atoms with Crippen LogP contribution in [0.1, 0.15) is 52.4 Å². The summed E-state index contributed by atoms with van der Waals surface area (Å²) in [4.78, 5) is 2.67. The van der Waals surface area contributed by atoms with Crippen molar-refractivity contribution in [3.8, 4) is 0 Å². The molecule has 3 fully saturated rings. The maximum absolute atomic E-state index is 6.05. The molecule has 1 spiro atoms. The van der Waals surface area contributed by atoms with E-state index in [1.54, 1.807) is 0 Å². The van der Waals surface area contributed by atoms with Crippen LogP contribution in [0.2, 0.25) is 0 Å². The van der Waals surface area contributed by atoms with Gasteiger partial charge in [-0.1, -0.05) is 19.8 Å². The molecule has 2 aliphatic carbocycles. The third-order valence-corrected chi connectivity index (χ3v) is 6.26. The van der Waals surface area contributed by atoms with Gasteiger partial charge in [-0.3, -0.25) is 0 Å². The molecule has 1 saturated heterocycles. The minimum atomic E-state index is 0.477. The first-order valence-electron chi connectivity index (χ1n) is 8.62. The Kier molecular flexibility index (Phi) is 4.13. The lowest BCUT2D eigenvalue weighted by molar-refractivity contribution is -0.164. The molecule has 3 heteroatoms. The van der Waals surface area contributed by atoms with Gasteiger partial charge in [0.1, 0.15) is 0 Å². The molecule has 0 aromatic carbocycles. The van der Waals surface area contributed by atoms with Crippen molar-refractivity contribution >= 4 is 0 Å². The van der Waals surface area contributed by atoms with Crippen LogP contribution in [0.15, 0.2) is 0 Å². The lowest BCUT2D eigenvalue weighted by Crippen LogP contribution is -2.64. The quantitative estimate of drug-likeness (QED) is 0.838. The molecule has 3 nitrogen and oxygen atoms in total. The van der Waals surface area contributed by atoms with Crippen molar-refractivity contribution in [2.75, 3.05) is 33.3 Å². The molecule has 3 aliphatic rings. The lowest BCUT2D eigenvalue weighted by Gasteiger charge is -2.58. The van der Waals surface area contributed by atoms with Crippen molar-refractivity contribution in [3.05, 3.63) is 0 Å². The standard InChI is InChI=1S/C17H32N2O/c1-4-20-15-11-14(17(15)7-5-6-8-17)19(3)13-16(2)9-10-18-12-16/h14-15,18H,4-13H2,1-3H3. The van der Waals surface area contributed by atoms with E-state index in [0.717, 1.165) is 12.6 Å². The van der Waals surface area contributed by atoms with Gasteiger partial charge in [-0.25, -0.2) is 0 Å². The van der Waals surface area contributed by atoms with Crippen LogP contribution in [0.25, 0.3) is 0 Å². The first-order chi connectivity index (χ1) is 9.60. The summed E-state index contributed by atoms with van der Waals surface area (Å²) in [6.45, 7) is 9.10. The third-order valence-electron chi connectivity index (χ3n) is 6.26. The summed E-state index contributed by atoms with van der Waals surface area (Å²) >= 11 is 0. The largest absolute Gasteiger partial charge is 0.378 e. The molecule has 0 radical (unpaired) electrons. The monoisotopic (exact) mass is 280 g/mol. The number of rotatable bonds is 5. The maximum atomic E-state index is 6.05. The van der Waals surface area contributed by atoms with Gasteiger partial charge in [-0.15, -0.1) is 0 Å². The molecule has 0 aromatic heterocycles. The summed E-state index contributed by atoms with van der Waals surface area (Å²) in [5.74, 6) is 0. The molecule has 1 aliphatic heterocycles. The third kappa shape index (κ3) is 2.42. The Hall–Kier alpha value is -0.120. The highest BCUT2D eigenvalue weighted by Crippen LogP contribution is 2.56. The van der Waals surface area contributed by atoms with Gasteiger partial charge in [0.2, 0.25) is 0 Å². The Labute approximate surface area is 124 Å². The Morgan fingerprint density at radius 1 is 1.25 bits per heavy atom. The molecule has 20 heavy (non-hydrogen) atoms. The molecular formula is C17H32N2O. The minimum absolute atomic E-state index is 0.477. The van der Waals surface area contributed by atoms with Crippen LogP contribution in [-0.4, -0.2) is 50.3 Å². The van der Waals surface area contributed by atoms with Crippen molar-refractivity contribution in [2.24, 2.45) is 10.8 Å². The molecule has 0 aromatic rings. The van der Waals surface area contributed by atoms with Gasteiger partial charge in [0.15, 0.2) is 0 Å². The number of nitrogens with one attached hydrogen (secondary N) is 1. The van der Waals surface area contributed by atoms with Gasteiger partial charge < -0.3 is 15.0 Å². The molecule has 0 amide bonds. The van der Waals surface area contributed by atoms with E-state index in [-0.39, 0.29) is 0 Å². The van der Waals surface area contributed by atoms with Gasteiger partial charge in [0.25, 0.3) is 0 Å². The molecule has 3 unspecified atom stereocenters. The second-order valence-electron chi connectivity index (χ2n) is 7.79. The van der Waals surface area contributed by atoms with Crippen LogP contribution in [0.4, 0.5) is 0 Å². The first kappa shape index (κ1) is 14.8. The van der Waals surface area contributed by atoms with Gasteiger partial charge in [0.05, 0.1) is 6.10 Å². The van der Waals surface area contributed by atoms with E-state index in [4.69, 9.17) is 4.74 Å². The summed E-state index contributed by atoms with van der Waals surface area (Å²) in [5, 5.41) is 3.53. The summed E-state index contributed by atoms with van der Waals surface area (Å²) in [7, 11) is 2.36. The maximum Gasteiger partial charge on any atom is 0.0661 e. The van der Waals surface area contributed by atoms with E-state index in [9.17, 15) is 0 Å². The van der Waals surface area contributed by atoms with Gasteiger partial charge in [-0.05, 0) is 51.6 Å². The smallest absolute Gasteiger partial charge is 0.0661 e. The number of hydrogen-bond acceptors (Lipinski definition) is 3. The summed E-state index contributed by atoms with van der Waals surface area (Å²) in [5.41, 5.74) is 0.971. The highest BCUT2D eigenvalue weighted by atomic mass is 16.5. The average molecular weight is 280 g/mol. The Morgan fingerprint density at radius 2 is 2.00 bits per heavy atom. The zero-order valence-electron chi connectivity index (χ0n) is 13.6. The topological polar surface area (TPSA) is 24.5 Å². The van der Waals surface area contributed by atoms with E-state index in [0.29, 0.717) is 16.9 Å². The molecule has 2 saturated carbocycles. The van der Waals surface area contributed by atoms with E-state index >= 15 is 0 Å². The second-order valence-corrected chi connectivity index (χ2v) is 7.79. The SMILES string of the molecule is CCOC1CC(N(C)CC2(C)CCNC2)C12CCCC2. The normalized spacial score (nSPS) is 39.6. The van der Waals surface area contributed by atoms with E-state index in [1.807, 2.05) is 0 Å². The van der Waals surface area contributed by atoms with Gasteiger partial charge in [0, 0.05) is 31.2 Å². The number of nitrogens with zero attached hydrogens (tertiary/aromatic N) is 1. The Morgan fingerprint density at radius 3 is 2.60 bits per heavy atom. The molecular weight excluding hydrogens is 248 g/mol. The van der Waals surface area contributed by atoms with Crippen molar-refractivity contribution < 1.29 is 4.74 Å². The lowest BCUT2D eigenvalue weighted by atomic mass is 9.59. The van der Waals surface area contributed by atoms with Crippen LogP contribution in [0.5, 0.6) is 0 Å². The predicted molar refractivity (Wildman–Crippen MR) is 82.9 cm³/mol. The van der Waals surface area contributed by atoms with Crippen LogP contribution in [0, 0.1) is 10.8 Å². The van der Waals surface area contributed by atoms with Crippen molar-refractivity contribution in [3.63, 3.8) is 0 Å². The van der Waals surface area contributed by atoms with Crippen molar-refractivity contribution in [2.45, 2.75) is 64.5 Å². The average Bonchev–Trinajstić information content (AvgIpc) is 3.04. The zero-order valence-corrected chi connectivity index (χ0v) is 13.6. The van der Waals surface area contributed by atoms with Crippen LogP contribution in [0.3, 0.4) is 0 Å². The van der Waals surface area contributed by atoms with E-state index in [2.05, 4.69) is 31.1 Å². The molecule has 1 heterocycles. The summed E-state index contributed by atoms with van der Waals surface area (Å²) < 4.78 is 6.05. The van der Waals surface area contributed by atoms with Crippen LogP contribution < -0.4 is 5.32 Å². The molecule has 116 valence electrons. The van der Waals surface area contributed by atoms with Gasteiger partial charge in [-0.2, -0.15) is 0 Å². The highest BCUT2D eigenvalue weighted by molar-refractivity contribution is 5.10. The predicted octanol–water partition coefficient (Wildman–Crippen LogP) is 2.66.